The highest BCUT2D eigenvalue weighted by Gasteiger charge is 2.10. The Morgan fingerprint density at radius 3 is 2.87 bits per heavy atom. The quantitative estimate of drug-likeness (QED) is 0.648. The lowest BCUT2D eigenvalue weighted by Gasteiger charge is -2.01. The Morgan fingerprint density at radius 1 is 1.60 bits per heavy atom. The number of ether oxygens (including phenoxy) is 1. The van der Waals surface area contributed by atoms with E-state index in [1.165, 1.54) is 0 Å². The molecule has 6 heteroatoms. The zero-order valence-electron chi connectivity index (χ0n) is 8.77. The standard InChI is InChI=1S/C9H16N4O2/c1-2-4-15-5-3-13-6-7(10)8(12-13)9(11)14/h6H,2-5,10H2,1H3,(H2,11,14). The first-order valence-electron chi connectivity index (χ1n) is 4.85. The van der Waals surface area contributed by atoms with Crippen LogP contribution < -0.4 is 11.5 Å². The predicted octanol–water partition coefficient (Wildman–Crippen LogP) is -0.00920. The Kier molecular flexibility index (Phi) is 4.11. The average Bonchev–Trinajstić information content (AvgIpc) is 2.55. The van der Waals surface area contributed by atoms with Gasteiger partial charge in [0.05, 0.1) is 18.8 Å². The van der Waals surface area contributed by atoms with Crippen LogP contribution in [0.4, 0.5) is 5.69 Å². The maximum absolute atomic E-state index is 10.8. The van der Waals surface area contributed by atoms with Gasteiger partial charge in [0.25, 0.3) is 5.91 Å². The molecule has 4 N–H and O–H groups in total. The van der Waals surface area contributed by atoms with Crippen LogP contribution in [0.15, 0.2) is 6.20 Å². The van der Waals surface area contributed by atoms with E-state index >= 15 is 0 Å². The maximum Gasteiger partial charge on any atom is 0.271 e. The van der Waals surface area contributed by atoms with Crippen LogP contribution in [0, 0.1) is 0 Å². The fourth-order valence-electron chi connectivity index (χ4n) is 1.15. The van der Waals surface area contributed by atoms with E-state index in [1.54, 1.807) is 10.9 Å². The smallest absolute Gasteiger partial charge is 0.271 e. The van der Waals surface area contributed by atoms with Crippen LogP contribution >= 0.6 is 0 Å². The number of rotatable bonds is 6. The number of carbonyl (C=O) groups excluding carboxylic acids is 1. The van der Waals surface area contributed by atoms with Crippen molar-refractivity contribution in [3.05, 3.63) is 11.9 Å². The predicted molar refractivity (Wildman–Crippen MR) is 56.3 cm³/mol. The van der Waals surface area contributed by atoms with Gasteiger partial charge in [0.15, 0.2) is 5.69 Å². The van der Waals surface area contributed by atoms with Gasteiger partial charge in [-0.3, -0.25) is 9.48 Å². The summed E-state index contributed by atoms with van der Waals surface area (Å²) in [7, 11) is 0. The minimum absolute atomic E-state index is 0.116. The number of nitrogens with zero attached hydrogens (tertiary/aromatic N) is 2. The molecular formula is C9H16N4O2. The second-order valence-electron chi connectivity index (χ2n) is 3.17. The molecule has 0 radical (unpaired) electrons. The van der Waals surface area contributed by atoms with Gasteiger partial charge in [-0.2, -0.15) is 5.10 Å². The molecule has 1 rings (SSSR count). The van der Waals surface area contributed by atoms with Crippen molar-refractivity contribution >= 4 is 11.6 Å². The highest BCUT2D eigenvalue weighted by Crippen LogP contribution is 2.07. The molecule has 0 bridgehead atoms. The van der Waals surface area contributed by atoms with Crippen molar-refractivity contribution in [2.24, 2.45) is 5.73 Å². The molecule has 1 aromatic rings. The molecule has 0 atom stereocenters. The summed E-state index contributed by atoms with van der Waals surface area (Å²) in [6.07, 6.45) is 2.56. The van der Waals surface area contributed by atoms with Crippen LogP contribution in [0.5, 0.6) is 0 Å². The van der Waals surface area contributed by atoms with Crippen molar-refractivity contribution < 1.29 is 9.53 Å². The van der Waals surface area contributed by atoms with Crippen molar-refractivity contribution in [3.8, 4) is 0 Å². The first kappa shape index (κ1) is 11.5. The highest BCUT2D eigenvalue weighted by atomic mass is 16.5. The molecule has 0 unspecified atom stereocenters. The Labute approximate surface area is 88.2 Å². The van der Waals surface area contributed by atoms with Crippen molar-refractivity contribution in [3.63, 3.8) is 0 Å². The Hall–Kier alpha value is -1.56. The number of primary amides is 1. The molecular weight excluding hydrogens is 196 g/mol. The van der Waals surface area contributed by atoms with Crippen LogP contribution in [-0.2, 0) is 11.3 Å². The summed E-state index contributed by atoms with van der Waals surface area (Å²) in [5.41, 5.74) is 11.0. The number of amides is 1. The number of aromatic nitrogens is 2. The summed E-state index contributed by atoms with van der Waals surface area (Å²) in [4.78, 5) is 10.8. The Morgan fingerprint density at radius 2 is 2.33 bits per heavy atom. The molecule has 0 aliphatic rings. The van der Waals surface area contributed by atoms with E-state index in [-0.39, 0.29) is 5.69 Å². The Bertz CT molecular complexity index is 335. The second kappa shape index (κ2) is 5.35. The zero-order valence-corrected chi connectivity index (χ0v) is 8.77. The van der Waals surface area contributed by atoms with Crippen LogP contribution in [0.3, 0.4) is 0 Å². The van der Waals surface area contributed by atoms with E-state index in [1.807, 2.05) is 6.92 Å². The molecule has 0 aliphatic heterocycles. The highest BCUT2D eigenvalue weighted by molar-refractivity contribution is 5.95. The monoisotopic (exact) mass is 212 g/mol. The first-order chi connectivity index (χ1) is 7.15. The SMILES string of the molecule is CCCOCCn1cc(N)c(C(N)=O)n1. The summed E-state index contributed by atoms with van der Waals surface area (Å²) in [5, 5.41) is 3.94. The lowest BCUT2D eigenvalue weighted by molar-refractivity contribution is 0.0993. The van der Waals surface area contributed by atoms with Gasteiger partial charge in [-0.25, -0.2) is 0 Å². The van der Waals surface area contributed by atoms with Gasteiger partial charge in [-0.1, -0.05) is 6.92 Å². The van der Waals surface area contributed by atoms with Gasteiger partial charge in [-0.15, -0.1) is 0 Å². The largest absolute Gasteiger partial charge is 0.396 e. The molecule has 1 aromatic heterocycles. The zero-order chi connectivity index (χ0) is 11.3. The molecule has 0 aromatic carbocycles. The number of hydrogen-bond donors (Lipinski definition) is 2. The third kappa shape index (κ3) is 3.25. The summed E-state index contributed by atoms with van der Waals surface area (Å²) >= 11 is 0. The topological polar surface area (TPSA) is 96.2 Å². The van der Waals surface area contributed by atoms with Gasteiger partial charge in [-0.05, 0) is 6.42 Å². The van der Waals surface area contributed by atoms with Gasteiger partial charge in [0.1, 0.15) is 0 Å². The van der Waals surface area contributed by atoms with E-state index in [2.05, 4.69) is 5.10 Å². The van der Waals surface area contributed by atoms with Crippen molar-refractivity contribution in [1.29, 1.82) is 0 Å². The maximum atomic E-state index is 10.8. The molecule has 6 nitrogen and oxygen atoms in total. The third-order valence-corrected chi connectivity index (χ3v) is 1.84. The summed E-state index contributed by atoms with van der Waals surface area (Å²) in [6, 6.07) is 0. The van der Waals surface area contributed by atoms with Crippen molar-refractivity contribution in [2.75, 3.05) is 18.9 Å². The molecule has 1 heterocycles. The molecule has 84 valence electrons. The van der Waals surface area contributed by atoms with Crippen LogP contribution in [0.2, 0.25) is 0 Å². The molecule has 0 saturated heterocycles. The summed E-state index contributed by atoms with van der Waals surface area (Å²) < 4.78 is 6.84. The number of nitrogens with two attached hydrogens (primary N) is 2. The average molecular weight is 212 g/mol. The summed E-state index contributed by atoms with van der Waals surface area (Å²) in [6.45, 7) is 3.88. The fourth-order valence-corrected chi connectivity index (χ4v) is 1.15. The molecule has 0 saturated carbocycles. The Balaban J connectivity index is 2.48. The lowest BCUT2D eigenvalue weighted by Crippen LogP contribution is -2.14. The minimum Gasteiger partial charge on any atom is -0.396 e. The molecule has 1 amide bonds. The lowest BCUT2D eigenvalue weighted by atomic mass is 10.4. The van der Waals surface area contributed by atoms with Crippen molar-refractivity contribution in [2.45, 2.75) is 19.9 Å². The van der Waals surface area contributed by atoms with E-state index in [4.69, 9.17) is 16.2 Å². The first-order valence-corrected chi connectivity index (χ1v) is 4.85. The van der Waals surface area contributed by atoms with E-state index in [9.17, 15) is 4.79 Å². The van der Waals surface area contributed by atoms with Gasteiger partial charge in [0.2, 0.25) is 0 Å². The fraction of sp³-hybridized carbons (Fsp3) is 0.556. The van der Waals surface area contributed by atoms with Gasteiger partial charge >= 0.3 is 0 Å². The number of anilines is 1. The van der Waals surface area contributed by atoms with Crippen molar-refractivity contribution in [1.82, 2.24) is 9.78 Å². The van der Waals surface area contributed by atoms with E-state index in [0.29, 0.717) is 18.8 Å². The number of hydrogen-bond acceptors (Lipinski definition) is 4. The van der Waals surface area contributed by atoms with Crippen LogP contribution in [0.25, 0.3) is 0 Å². The molecule has 0 fully saturated rings. The summed E-state index contributed by atoms with van der Waals surface area (Å²) in [5.74, 6) is -0.610. The second-order valence-corrected chi connectivity index (χ2v) is 3.17. The van der Waals surface area contributed by atoms with E-state index < -0.39 is 5.91 Å². The third-order valence-electron chi connectivity index (χ3n) is 1.84. The minimum atomic E-state index is -0.610. The molecule has 0 spiro atoms. The number of nitrogen functional groups attached to an aromatic ring is 1. The van der Waals surface area contributed by atoms with Crippen LogP contribution in [-0.4, -0.2) is 28.9 Å². The van der Waals surface area contributed by atoms with Crippen LogP contribution in [0.1, 0.15) is 23.8 Å². The van der Waals surface area contributed by atoms with E-state index in [0.717, 1.165) is 13.0 Å². The molecule has 15 heavy (non-hydrogen) atoms. The molecule has 0 aliphatic carbocycles. The van der Waals surface area contributed by atoms with Gasteiger partial charge in [0, 0.05) is 12.8 Å². The number of carbonyl (C=O) groups is 1. The normalized spacial score (nSPS) is 10.5. The van der Waals surface area contributed by atoms with Gasteiger partial charge < -0.3 is 16.2 Å².